The Labute approximate surface area is 242 Å². The number of pyridine rings is 1. The smallest absolute Gasteiger partial charge is 0.254 e. The highest BCUT2D eigenvalue weighted by Crippen LogP contribution is 2.29. The van der Waals surface area contributed by atoms with Crippen LogP contribution in [-0.2, 0) is 12.3 Å². The molecule has 1 amide bonds. The van der Waals surface area contributed by atoms with Crippen molar-refractivity contribution in [2.75, 3.05) is 31.1 Å². The predicted molar refractivity (Wildman–Crippen MR) is 159 cm³/mol. The number of anilines is 1. The van der Waals surface area contributed by atoms with Crippen LogP contribution in [0.25, 0.3) is 11.4 Å². The van der Waals surface area contributed by atoms with Crippen LogP contribution in [0.3, 0.4) is 0 Å². The van der Waals surface area contributed by atoms with Crippen LogP contribution in [0.5, 0.6) is 0 Å². The first-order valence-corrected chi connectivity index (χ1v) is 14.5. The summed E-state index contributed by atoms with van der Waals surface area (Å²) in [5.74, 6) is 1.08. The first-order chi connectivity index (χ1) is 20.2. The fourth-order valence-corrected chi connectivity index (χ4v) is 5.98. The van der Waals surface area contributed by atoms with Gasteiger partial charge in [-0.2, -0.15) is 0 Å². The molecule has 5 aromatic rings. The molecule has 3 heterocycles. The van der Waals surface area contributed by atoms with E-state index in [1.165, 1.54) is 6.07 Å². The molecular weight excluding hydrogens is 535 g/mol. The fourth-order valence-electron chi connectivity index (χ4n) is 5.04. The van der Waals surface area contributed by atoms with Gasteiger partial charge in [0.05, 0.1) is 12.2 Å². The van der Waals surface area contributed by atoms with Crippen LogP contribution < -0.4 is 4.90 Å². The van der Waals surface area contributed by atoms with Gasteiger partial charge in [-0.15, -0.1) is 10.2 Å². The maximum absolute atomic E-state index is 14.3. The van der Waals surface area contributed by atoms with Crippen molar-refractivity contribution in [1.29, 1.82) is 0 Å². The van der Waals surface area contributed by atoms with E-state index in [2.05, 4.69) is 31.9 Å². The van der Waals surface area contributed by atoms with Gasteiger partial charge in [0.2, 0.25) is 0 Å². The summed E-state index contributed by atoms with van der Waals surface area (Å²) in [6.07, 6.45) is 3.53. The molecule has 0 unspecified atom stereocenters. The summed E-state index contributed by atoms with van der Waals surface area (Å²) in [7, 11) is 0. The van der Waals surface area contributed by atoms with Gasteiger partial charge >= 0.3 is 0 Å². The number of halogens is 1. The van der Waals surface area contributed by atoms with E-state index in [9.17, 15) is 9.18 Å². The van der Waals surface area contributed by atoms with Gasteiger partial charge in [0.1, 0.15) is 5.82 Å². The van der Waals surface area contributed by atoms with Gasteiger partial charge in [0, 0.05) is 55.5 Å². The molecular formula is C32H29FN6OS. The number of nitrogens with zero attached hydrogens (tertiary/aromatic N) is 6. The summed E-state index contributed by atoms with van der Waals surface area (Å²) in [6.45, 7) is 2.86. The number of hydrogen-bond donors (Lipinski definition) is 0. The van der Waals surface area contributed by atoms with Gasteiger partial charge in [-0.05, 0) is 41.5 Å². The van der Waals surface area contributed by atoms with Crippen LogP contribution in [0.1, 0.15) is 21.5 Å². The quantitative estimate of drug-likeness (QED) is 0.223. The first-order valence-electron chi connectivity index (χ1n) is 13.5. The largest absolute Gasteiger partial charge is 0.366 e. The van der Waals surface area contributed by atoms with Crippen molar-refractivity contribution in [2.45, 2.75) is 17.5 Å². The third-order valence-corrected chi connectivity index (χ3v) is 8.20. The molecule has 1 fully saturated rings. The topological polar surface area (TPSA) is 67.2 Å². The second kappa shape index (κ2) is 12.3. The normalized spacial score (nSPS) is 13.4. The van der Waals surface area contributed by atoms with Crippen molar-refractivity contribution in [3.05, 3.63) is 126 Å². The maximum Gasteiger partial charge on any atom is 0.254 e. The fraction of sp³-hybridized carbons (Fsp3) is 0.188. The number of aromatic nitrogens is 4. The summed E-state index contributed by atoms with van der Waals surface area (Å²) in [6, 6.07) is 28.6. The highest BCUT2D eigenvalue weighted by Gasteiger charge is 2.25. The van der Waals surface area contributed by atoms with Crippen molar-refractivity contribution in [3.63, 3.8) is 0 Å². The van der Waals surface area contributed by atoms with E-state index in [4.69, 9.17) is 0 Å². The molecule has 1 aliphatic rings. The Morgan fingerprint density at radius 2 is 1.59 bits per heavy atom. The number of thioether (sulfide) groups is 1. The minimum absolute atomic E-state index is 0.00353. The van der Waals surface area contributed by atoms with E-state index in [1.807, 2.05) is 70.5 Å². The number of hydrogen-bond acceptors (Lipinski definition) is 6. The van der Waals surface area contributed by atoms with Crippen molar-refractivity contribution in [2.24, 2.45) is 0 Å². The Morgan fingerprint density at radius 1 is 0.829 bits per heavy atom. The lowest BCUT2D eigenvalue weighted by atomic mass is 10.1. The predicted octanol–water partition coefficient (Wildman–Crippen LogP) is 5.78. The van der Waals surface area contributed by atoms with Crippen LogP contribution in [0.15, 0.2) is 109 Å². The number of benzene rings is 3. The third kappa shape index (κ3) is 6.00. The maximum atomic E-state index is 14.3. The molecule has 3 aromatic carbocycles. The van der Waals surface area contributed by atoms with E-state index in [0.29, 0.717) is 49.7 Å². The van der Waals surface area contributed by atoms with Crippen molar-refractivity contribution >= 4 is 23.4 Å². The number of carbonyl (C=O) groups is 1. The van der Waals surface area contributed by atoms with Gasteiger partial charge in [-0.1, -0.05) is 72.4 Å². The minimum Gasteiger partial charge on any atom is -0.366 e. The Hall–Kier alpha value is -4.50. The summed E-state index contributed by atoms with van der Waals surface area (Å²) in [4.78, 5) is 21.7. The van der Waals surface area contributed by atoms with Crippen LogP contribution >= 0.6 is 11.8 Å². The average molecular weight is 565 g/mol. The summed E-state index contributed by atoms with van der Waals surface area (Å²) >= 11 is 1.56. The molecule has 1 saturated heterocycles. The second-order valence-electron chi connectivity index (χ2n) is 9.80. The van der Waals surface area contributed by atoms with Gasteiger partial charge < -0.3 is 9.80 Å². The summed E-state index contributed by atoms with van der Waals surface area (Å²) in [5, 5.41) is 9.81. The van der Waals surface area contributed by atoms with Crippen molar-refractivity contribution in [1.82, 2.24) is 24.6 Å². The Balaban J connectivity index is 1.19. The Kier molecular flexibility index (Phi) is 8.04. The lowest BCUT2D eigenvalue weighted by Crippen LogP contribution is -2.49. The lowest BCUT2D eigenvalue weighted by Gasteiger charge is -2.36. The lowest BCUT2D eigenvalue weighted by molar-refractivity contribution is 0.0746. The SMILES string of the molecule is O=C(c1ccccc1CSc1nnc(-c2cccnc2)n1Cc1ccccc1)N1CCN(c2ccccc2F)CC1. The molecule has 0 spiro atoms. The number of amides is 1. The van der Waals surface area contributed by atoms with Crippen molar-refractivity contribution < 1.29 is 9.18 Å². The third-order valence-electron chi connectivity index (χ3n) is 7.18. The zero-order valence-corrected chi connectivity index (χ0v) is 23.3. The summed E-state index contributed by atoms with van der Waals surface area (Å²) < 4.78 is 16.4. The van der Waals surface area contributed by atoms with Crippen LogP contribution in [0, 0.1) is 5.82 Å². The zero-order chi connectivity index (χ0) is 28.0. The minimum atomic E-state index is -0.235. The molecule has 0 saturated carbocycles. The van der Waals surface area contributed by atoms with Crippen molar-refractivity contribution in [3.8, 4) is 11.4 Å². The van der Waals surface area contributed by atoms with Crippen LogP contribution in [0.2, 0.25) is 0 Å². The van der Waals surface area contributed by atoms with Gasteiger partial charge in [0.15, 0.2) is 11.0 Å². The molecule has 0 atom stereocenters. The van der Waals surface area contributed by atoms with E-state index in [1.54, 1.807) is 36.3 Å². The standard InChI is InChI=1S/C32H29FN6OS/c33-28-14-6-7-15-29(28)37-17-19-38(20-18-37)31(40)27-13-5-4-11-26(27)23-41-32-36-35-30(25-12-8-16-34-21-25)39(32)22-24-9-2-1-3-10-24/h1-16,21H,17-20,22-23H2. The van der Waals surface area contributed by atoms with Crippen LogP contribution in [-0.4, -0.2) is 56.7 Å². The van der Waals surface area contributed by atoms with Gasteiger partial charge in [-0.3, -0.25) is 14.3 Å². The number of rotatable bonds is 8. The number of para-hydroxylation sites is 1. The van der Waals surface area contributed by atoms with Gasteiger partial charge in [-0.25, -0.2) is 4.39 Å². The zero-order valence-electron chi connectivity index (χ0n) is 22.4. The van der Waals surface area contributed by atoms with E-state index in [0.717, 1.165) is 27.7 Å². The first kappa shape index (κ1) is 26.7. The molecule has 0 radical (unpaired) electrons. The molecule has 1 aliphatic heterocycles. The second-order valence-corrected chi connectivity index (χ2v) is 10.7. The molecule has 206 valence electrons. The molecule has 0 bridgehead atoms. The summed E-state index contributed by atoms with van der Waals surface area (Å²) in [5.41, 5.74) is 4.25. The highest BCUT2D eigenvalue weighted by atomic mass is 32.2. The average Bonchev–Trinajstić information content (AvgIpc) is 3.43. The van der Waals surface area contributed by atoms with Gasteiger partial charge in [0.25, 0.3) is 5.91 Å². The highest BCUT2D eigenvalue weighted by molar-refractivity contribution is 7.98. The van der Waals surface area contributed by atoms with E-state index >= 15 is 0 Å². The Morgan fingerprint density at radius 3 is 2.37 bits per heavy atom. The van der Waals surface area contributed by atoms with E-state index < -0.39 is 0 Å². The monoisotopic (exact) mass is 564 g/mol. The molecule has 9 heteroatoms. The molecule has 2 aromatic heterocycles. The van der Waals surface area contributed by atoms with Crippen LogP contribution in [0.4, 0.5) is 10.1 Å². The molecule has 41 heavy (non-hydrogen) atoms. The molecule has 6 rings (SSSR count). The Bertz CT molecular complexity index is 1620. The number of piperazine rings is 1. The molecule has 7 nitrogen and oxygen atoms in total. The number of carbonyl (C=O) groups excluding carboxylic acids is 1. The molecule has 0 aliphatic carbocycles. The van der Waals surface area contributed by atoms with E-state index in [-0.39, 0.29) is 11.7 Å². The molecule has 0 N–H and O–H groups in total.